The Morgan fingerprint density at radius 1 is 1.30 bits per heavy atom. The topological polar surface area (TPSA) is 65.8 Å². The maximum absolute atomic E-state index is 12.2. The maximum atomic E-state index is 12.2. The predicted molar refractivity (Wildman–Crippen MR) is 85.5 cm³/mol. The maximum Gasteiger partial charge on any atom is 0.225 e. The number of piperidine rings is 1. The van der Waals surface area contributed by atoms with Crippen LogP contribution in [0.3, 0.4) is 0 Å². The monoisotopic (exact) mass is 319 g/mol. The minimum absolute atomic E-state index is 0.00250. The van der Waals surface area contributed by atoms with Crippen LogP contribution < -0.4 is 5.32 Å². The summed E-state index contributed by atoms with van der Waals surface area (Å²) in [5.74, 6) is 0.540. The van der Waals surface area contributed by atoms with E-state index in [1.807, 2.05) is 6.07 Å². The van der Waals surface area contributed by atoms with Crippen LogP contribution in [0, 0.1) is 5.92 Å². The van der Waals surface area contributed by atoms with Crippen LogP contribution in [0.1, 0.15) is 31.4 Å². The van der Waals surface area contributed by atoms with Crippen LogP contribution in [0.5, 0.6) is 0 Å². The fraction of sp³-hybridized carbons (Fsp3) is 0.647. The minimum Gasteiger partial charge on any atom is -0.467 e. The van der Waals surface area contributed by atoms with E-state index in [0.717, 1.165) is 25.4 Å². The SMILES string of the molecule is O=C(NCCN1CCCCC1)[C@@H]1CC(=O)N(Cc2ccco2)C1. The largest absolute Gasteiger partial charge is 0.467 e. The average Bonchev–Trinajstić information content (AvgIpc) is 3.19. The van der Waals surface area contributed by atoms with Crippen molar-refractivity contribution < 1.29 is 14.0 Å². The zero-order chi connectivity index (χ0) is 16.1. The highest BCUT2D eigenvalue weighted by molar-refractivity contribution is 5.89. The van der Waals surface area contributed by atoms with E-state index in [-0.39, 0.29) is 17.7 Å². The van der Waals surface area contributed by atoms with Gasteiger partial charge in [-0.2, -0.15) is 0 Å². The summed E-state index contributed by atoms with van der Waals surface area (Å²) in [6.07, 6.45) is 5.73. The summed E-state index contributed by atoms with van der Waals surface area (Å²) >= 11 is 0. The molecule has 2 fully saturated rings. The highest BCUT2D eigenvalue weighted by Crippen LogP contribution is 2.20. The molecule has 0 radical (unpaired) electrons. The molecule has 1 N–H and O–H groups in total. The first-order chi connectivity index (χ1) is 11.2. The Kier molecular flexibility index (Phi) is 5.33. The Bertz CT molecular complexity index is 523. The van der Waals surface area contributed by atoms with Gasteiger partial charge in [0.05, 0.1) is 18.7 Å². The minimum atomic E-state index is -0.237. The van der Waals surface area contributed by atoms with Crippen molar-refractivity contribution in [3.8, 4) is 0 Å². The third-order valence-corrected chi connectivity index (χ3v) is 4.69. The number of carbonyl (C=O) groups excluding carboxylic acids is 2. The molecule has 3 heterocycles. The van der Waals surface area contributed by atoms with Crippen LogP contribution in [0.25, 0.3) is 0 Å². The van der Waals surface area contributed by atoms with E-state index < -0.39 is 0 Å². The van der Waals surface area contributed by atoms with Gasteiger partial charge in [-0.05, 0) is 38.1 Å². The van der Waals surface area contributed by atoms with E-state index in [2.05, 4.69) is 10.2 Å². The van der Waals surface area contributed by atoms with Gasteiger partial charge in [-0.1, -0.05) is 6.42 Å². The molecule has 6 nitrogen and oxygen atoms in total. The number of hydrogen-bond donors (Lipinski definition) is 1. The van der Waals surface area contributed by atoms with Crippen LogP contribution in [-0.2, 0) is 16.1 Å². The third kappa shape index (κ3) is 4.34. The second-order valence-corrected chi connectivity index (χ2v) is 6.45. The molecule has 23 heavy (non-hydrogen) atoms. The summed E-state index contributed by atoms with van der Waals surface area (Å²) in [6, 6.07) is 3.65. The summed E-state index contributed by atoms with van der Waals surface area (Å²) in [5, 5.41) is 2.99. The second kappa shape index (κ2) is 7.64. The molecule has 2 aliphatic rings. The number of rotatable bonds is 6. The van der Waals surface area contributed by atoms with Crippen molar-refractivity contribution in [3.05, 3.63) is 24.2 Å². The van der Waals surface area contributed by atoms with Gasteiger partial charge >= 0.3 is 0 Å². The lowest BCUT2D eigenvalue weighted by Crippen LogP contribution is -2.40. The first-order valence-corrected chi connectivity index (χ1v) is 8.52. The normalized spacial score (nSPS) is 22.5. The molecule has 2 amide bonds. The quantitative estimate of drug-likeness (QED) is 0.856. The number of amides is 2. The molecule has 0 spiro atoms. The third-order valence-electron chi connectivity index (χ3n) is 4.69. The summed E-state index contributed by atoms with van der Waals surface area (Å²) in [5.41, 5.74) is 0. The van der Waals surface area contributed by atoms with Crippen molar-refractivity contribution >= 4 is 11.8 Å². The average molecular weight is 319 g/mol. The molecule has 1 aromatic heterocycles. The van der Waals surface area contributed by atoms with Gasteiger partial charge in [-0.15, -0.1) is 0 Å². The van der Waals surface area contributed by atoms with Crippen molar-refractivity contribution in [2.24, 2.45) is 5.92 Å². The Balaban J connectivity index is 1.40. The van der Waals surface area contributed by atoms with E-state index in [9.17, 15) is 9.59 Å². The molecule has 1 atom stereocenters. The molecular weight excluding hydrogens is 294 g/mol. The standard InChI is InChI=1S/C17H25N3O3/c21-16-11-14(12-20(16)13-15-5-4-10-23-15)17(22)18-6-9-19-7-2-1-3-8-19/h4-5,10,14H,1-3,6-9,11-13H2,(H,18,22)/t14-/m1/s1. The smallest absolute Gasteiger partial charge is 0.225 e. The summed E-state index contributed by atoms with van der Waals surface area (Å²) < 4.78 is 5.27. The van der Waals surface area contributed by atoms with E-state index in [1.165, 1.54) is 19.3 Å². The Morgan fingerprint density at radius 3 is 2.87 bits per heavy atom. The van der Waals surface area contributed by atoms with E-state index in [4.69, 9.17) is 4.42 Å². The predicted octanol–water partition coefficient (Wildman–Crippen LogP) is 1.23. The molecule has 126 valence electrons. The van der Waals surface area contributed by atoms with E-state index >= 15 is 0 Å². The zero-order valence-electron chi connectivity index (χ0n) is 13.5. The number of likely N-dealkylation sites (tertiary alicyclic amines) is 2. The summed E-state index contributed by atoms with van der Waals surface area (Å²) in [6.45, 7) is 4.77. The first-order valence-electron chi connectivity index (χ1n) is 8.52. The lowest BCUT2D eigenvalue weighted by atomic mass is 10.1. The molecule has 0 bridgehead atoms. The van der Waals surface area contributed by atoms with Crippen molar-refractivity contribution in [3.63, 3.8) is 0 Å². The molecule has 2 aliphatic heterocycles. The molecule has 1 aromatic rings. The molecule has 0 aromatic carbocycles. The lowest BCUT2D eigenvalue weighted by Gasteiger charge is -2.26. The number of hydrogen-bond acceptors (Lipinski definition) is 4. The van der Waals surface area contributed by atoms with Crippen LogP contribution in [0.2, 0.25) is 0 Å². The van der Waals surface area contributed by atoms with Crippen LogP contribution in [0.4, 0.5) is 0 Å². The summed E-state index contributed by atoms with van der Waals surface area (Å²) in [7, 11) is 0. The zero-order valence-corrected chi connectivity index (χ0v) is 13.5. The number of carbonyl (C=O) groups is 2. The van der Waals surface area contributed by atoms with Crippen molar-refractivity contribution in [2.45, 2.75) is 32.2 Å². The fourth-order valence-corrected chi connectivity index (χ4v) is 3.36. The first kappa shape index (κ1) is 16.1. The Hall–Kier alpha value is -1.82. The van der Waals surface area contributed by atoms with Gasteiger partial charge in [-0.25, -0.2) is 0 Å². The second-order valence-electron chi connectivity index (χ2n) is 6.45. The molecule has 6 heteroatoms. The highest BCUT2D eigenvalue weighted by Gasteiger charge is 2.34. The van der Waals surface area contributed by atoms with Crippen molar-refractivity contribution in [2.75, 3.05) is 32.7 Å². The number of nitrogens with one attached hydrogen (secondary N) is 1. The number of furan rings is 1. The highest BCUT2D eigenvalue weighted by atomic mass is 16.3. The Labute approximate surface area is 136 Å². The van der Waals surface area contributed by atoms with Crippen LogP contribution in [-0.4, -0.2) is 54.3 Å². The van der Waals surface area contributed by atoms with E-state index in [1.54, 1.807) is 17.2 Å². The summed E-state index contributed by atoms with van der Waals surface area (Å²) in [4.78, 5) is 28.4. The van der Waals surface area contributed by atoms with Gasteiger partial charge in [0, 0.05) is 26.1 Å². The van der Waals surface area contributed by atoms with Gasteiger partial charge in [-0.3, -0.25) is 9.59 Å². The van der Waals surface area contributed by atoms with Gasteiger partial charge in [0.15, 0.2) is 0 Å². The number of nitrogens with zero attached hydrogens (tertiary/aromatic N) is 2. The van der Waals surface area contributed by atoms with E-state index in [0.29, 0.717) is 26.1 Å². The Morgan fingerprint density at radius 2 is 2.13 bits per heavy atom. The fourth-order valence-electron chi connectivity index (χ4n) is 3.36. The van der Waals surface area contributed by atoms with Crippen molar-refractivity contribution in [1.82, 2.24) is 15.1 Å². The van der Waals surface area contributed by atoms with Crippen molar-refractivity contribution in [1.29, 1.82) is 0 Å². The van der Waals surface area contributed by atoms with Crippen LogP contribution >= 0.6 is 0 Å². The molecular formula is C17H25N3O3. The lowest BCUT2D eigenvalue weighted by molar-refractivity contribution is -0.129. The molecule has 0 unspecified atom stereocenters. The van der Waals surface area contributed by atoms with Gasteiger partial charge in [0.25, 0.3) is 0 Å². The van der Waals surface area contributed by atoms with Gasteiger partial charge in [0.2, 0.25) is 11.8 Å². The molecule has 2 saturated heterocycles. The van der Waals surface area contributed by atoms with Crippen LogP contribution in [0.15, 0.2) is 22.8 Å². The molecule has 0 saturated carbocycles. The molecule has 3 rings (SSSR count). The molecule has 0 aliphatic carbocycles. The van der Waals surface area contributed by atoms with Gasteiger partial charge in [0.1, 0.15) is 5.76 Å². The van der Waals surface area contributed by atoms with Gasteiger partial charge < -0.3 is 19.5 Å².